The van der Waals surface area contributed by atoms with E-state index < -0.39 is 4.20 Å². The van der Waals surface area contributed by atoms with Gasteiger partial charge in [0, 0.05) is 11.1 Å². The van der Waals surface area contributed by atoms with E-state index in [4.69, 9.17) is 5.10 Å². The number of hydrogen-bond acceptors (Lipinski definition) is 4. The number of benzene rings is 5. The van der Waals surface area contributed by atoms with E-state index in [1.807, 2.05) is 23.5 Å². The molecule has 1 atom stereocenters. The molecule has 5 aromatic carbocycles. The number of thioether (sulfide) groups is 2. The molecular weight excluding hydrogens is 489 g/mol. The first kappa shape index (κ1) is 22.5. The lowest BCUT2D eigenvalue weighted by Gasteiger charge is -2.37. The van der Waals surface area contributed by atoms with Crippen molar-refractivity contribution in [2.24, 2.45) is 5.10 Å². The van der Waals surface area contributed by atoms with E-state index >= 15 is 0 Å². The van der Waals surface area contributed by atoms with Crippen molar-refractivity contribution in [3.8, 4) is 0 Å². The molecule has 0 saturated heterocycles. The summed E-state index contributed by atoms with van der Waals surface area (Å²) in [7, 11) is 0. The van der Waals surface area contributed by atoms with Crippen molar-refractivity contribution in [1.29, 1.82) is 0 Å². The van der Waals surface area contributed by atoms with Gasteiger partial charge in [0.05, 0.1) is 10.4 Å². The van der Waals surface area contributed by atoms with Crippen molar-refractivity contribution in [2.45, 2.75) is 8.95 Å². The lowest BCUT2D eigenvalue weighted by molar-refractivity contribution is 0.806. The first-order valence-electron chi connectivity index (χ1n) is 12.4. The summed E-state index contributed by atoms with van der Waals surface area (Å²) >= 11 is 3.83. The highest BCUT2D eigenvalue weighted by atomic mass is 32.2. The Hall–Kier alpha value is -3.73. The van der Waals surface area contributed by atoms with Gasteiger partial charge in [-0.15, -0.1) is 0 Å². The topological polar surface area (TPSA) is 15.6 Å². The van der Waals surface area contributed by atoms with Crippen LogP contribution in [0.1, 0.15) is 27.8 Å². The minimum absolute atomic E-state index is 0.388. The quantitative estimate of drug-likeness (QED) is 0.240. The van der Waals surface area contributed by atoms with Gasteiger partial charge >= 0.3 is 0 Å². The number of para-hydroxylation sites is 1. The van der Waals surface area contributed by atoms with Crippen molar-refractivity contribution in [2.75, 3.05) is 5.01 Å². The Kier molecular flexibility index (Phi) is 5.45. The Balaban J connectivity index is 1.50. The van der Waals surface area contributed by atoms with Crippen LogP contribution in [0, 0.1) is 0 Å². The second-order valence-corrected chi connectivity index (χ2v) is 12.0. The van der Waals surface area contributed by atoms with E-state index in [0.717, 1.165) is 16.3 Å². The van der Waals surface area contributed by atoms with Crippen LogP contribution in [-0.2, 0) is 8.95 Å². The minimum Gasteiger partial charge on any atom is -0.233 e. The fourth-order valence-electron chi connectivity index (χ4n) is 5.40. The predicted octanol–water partition coefficient (Wildman–Crippen LogP) is 8.45. The maximum atomic E-state index is 5.31. The number of hydrogen-bond donors (Lipinski definition) is 0. The monoisotopic (exact) mass is 512 g/mol. The summed E-state index contributed by atoms with van der Waals surface area (Å²) in [6, 6.07) is 51.9. The highest BCUT2D eigenvalue weighted by Crippen LogP contribution is 2.71. The molecule has 0 aromatic heterocycles. The lowest BCUT2D eigenvalue weighted by Crippen LogP contribution is -2.33. The van der Waals surface area contributed by atoms with Crippen LogP contribution in [0.3, 0.4) is 0 Å². The minimum atomic E-state index is -0.477. The van der Waals surface area contributed by atoms with Crippen molar-refractivity contribution in [3.63, 3.8) is 0 Å². The Morgan fingerprint density at radius 2 is 1.00 bits per heavy atom. The molecule has 1 spiro atoms. The van der Waals surface area contributed by atoms with Crippen LogP contribution in [0.4, 0.5) is 5.69 Å². The molecule has 2 aliphatic heterocycles. The summed E-state index contributed by atoms with van der Waals surface area (Å²) in [5.41, 5.74) is 7.38. The fourth-order valence-corrected chi connectivity index (χ4v) is 9.07. The largest absolute Gasteiger partial charge is 0.233 e. The molecule has 0 unspecified atom stereocenters. The number of rotatable bonds is 4. The molecule has 178 valence electrons. The molecule has 0 radical (unpaired) electrons. The standard InChI is InChI=1S/C33H24N2S2/c1-5-15-25(16-6-1)31-34-35(28-21-11-4-12-22-28)33(36-31)30-24-14-13-23-29(30)32(37-33,26-17-7-2-8-18-26)27-19-9-3-10-20-27/h1-24H/t33-/m1/s1. The van der Waals surface area contributed by atoms with Crippen molar-refractivity contribution < 1.29 is 0 Å². The molecule has 0 fully saturated rings. The second kappa shape index (κ2) is 8.98. The average Bonchev–Trinajstić information content (AvgIpc) is 3.52. The Morgan fingerprint density at radius 1 is 0.514 bits per heavy atom. The van der Waals surface area contributed by atoms with Crippen LogP contribution in [0.25, 0.3) is 0 Å². The smallest absolute Gasteiger partial charge is 0.187 e. The van der Waals surface area contributed by atoms with Gasteiger partial charge < -0.3 is 0 Å². The molecule has 2 heterocycles. The van der Waals surface area contributed by atoms with Gasteiger partial charge in [-0.05, 0) is 28.8 Å². The number of anilines is 1. The summed E-state index contributed by atoms with van der Waals surface area (Å²) in [4.78, 5) is 0. The summed E-state index contributed by atoms with van der Waals surface area (Å²) in [6.07, 6.45) is 0. The second-order valence-electron chi connectivity index (χ2n) is 9.16. The third-order valence-electron chi connectivity index (χ3n) is 7.02. The third-order valence-corrected chi connectivity index (χ3v) is 10.4. The molecular formula is C33H24N2S2. The molecule has 0 N–H and O–H groups in total. The molecule has 0 amide bonds. The lowest BCUT2D eigenvalue weighted by atomic mass is 9.82. The number of fused-ring (bicyclic) bond motifs is 2. The zero-order chi connectivity index (χ0) is 24.7. The molecule has 0 bridgehead atoms. The third kappa shape index (κ3) is 3.47. The van der Waals surface area contributed by atoms with Gasteiger partial charge in [-0.25, -0.2) is 5.01 Å². The van der Waals surface area contributed by atoms with Crippen LogP contribution < -0.4 is 5.01 Å². The van der Waals surface area contributed by atoms with Gasteiger partial charge in [0.15, 0.2) is 4.20 Å². The van der Waals surface area contributed by atoms with Gasteiger partial charge in [0.2, 0.25) is 0 Å². The van der Waals surface area contributed by atoms with Crippen LogP contribution in [-0.4, -0.2) is 5.04 Å². The van der Waals surface area contributed by atoms with E-state index in [1.165, 1.54) is 22.3 Å². The summed E-state index contributed by atoms with van der Waals surface area (Å²) in [5, 5.41) is 8.59. The van der Waals surface area contributed by atoms with Gasteiger partial charge in [0.25, 0.3) is 0 Å². The van der Waals surface area contributed by atoms with E-state index in [-0.39, 0.29) is 4.75 Å². The van der Waals surface area contributed by atoms with Gasteiger partial charge in [0.1, 0.15) is 5.04 Å². The molecule has 7 rings (SSSR count). The van der Waals surface area contributed by atoms with Gasteiger partial charge in [-0.1, -0.05) is 157 Å². The van der Waals surface area contributed by atoms with Crippen LogP contribution in [0.15, 0.2) is 151 Å². The molecule has 0 aliphatic carbocycles. The number of hydrazone groups is 1. The maximum Gasteiger partial charge on any atom is 0.187 e. The Bertz CT molecular complexity index is 1530. The average molecular weight is 513 g/mol. The molecule has 4 heteroatoms. The first-order chi connectivity index (χ1) is 18.3. The van der Waals surface area contributed by atoms with E-state index in [9.17, 15) is 0 Å². The van der Waals surface area contributed by atoms with E-state index in [2.05, 4.69) is 151 Å². The van der Waals surface area contributed by atoms with Crippen molar-refractivity contribution in [3.05, 3.63) is 173 Å². The van der Waals surface area contributed by atoms with Crippen LogP contribution in [0.5, 0.6) is 0 Å². The van der Waals surface area contributed by atoms with Crippen LogP contribution in [0.2, 0.25) is 0 Å². The maximum absolute atomic E-state index is 5.31. The summed E-state index contributed by atoms with van der Waals surface area (Å²) < 4.78 is -0.865. The SMILES string of the molecule is c1ccc(C2=NN(c3ccccc3)[C@]3(S2)SC(c2ccccc2)(c2ccccc2)c2ccccc23)cc1. The van der Waals surface area contributed by atoms with E-state index in [0.29, 0.717) is 0 Å². The zero-order valence-electron chi connectivity index (χ0n) is 20.1. The number of nitrogens with zero attached hydrogens (tertiary/aromatic N) is 2. The first-order valence-corrected chi connectivity index (χ1v) is 14.0. The predicted molar refractivity (Wildman–Crippen MR) is 158 cm³/mol. The highest BCUT2D eigenvalue weighted by molar-refractivity contribution is 8.26. The zero-order valence-corrected chi connectivity index (χ0v) is 21.7. The summed E-state index contributed by atoms with van der Waals surface area (Å²) in [6.45, 7) is 0. The van der Waals surface area contributed by atoms with Crippen molar-refractivity contribution >= 4 is 34.3 Å². The molecule has 37 heavy (non-hydrogen) atoms. The Labute approximate surface area is 226 Å². The van der Waals surface area contributed by atoms with Crippen molar-refractivity contribution in [1.82, 2.24) is 0 Å². The van der Waals surface area contributed by atoms with Gasteiger partial charge in [-0.2, -0.15) is 5.10 Å². The molecule has 2 aliphatic rings. The summed E-state index contributed by atoms with van der Waals surface area (Å²) in [5.74, 6) is 0. The molecule has 0 saturated carbocycles. The fraction of sp³-hybridized carbons (Fsp3) is 0.0606. The van der Waals surface area contributed by atoms with Gasteiger partial charge in [-0.3, -0.25) is 0 Å². The van der Waals surface area contributed by atoms with E-state index in [1.54, 1.807) is 0 Å². The van der Waals surface area contributed by atoms with Crippen LogP contribution >= 0.6 is 23.5 Å². The molecule has 5 aromatic rings. The highest BCUT2D eigenvalue weighted by Gasteiger charge is 2.61. The molecule has 2 nitrogen and oxygen atoms in total. The Morgan fingerprint density at radius 3 is 1.59 bits per heavy atom. The normalized spacial score (nSPS) is 19.6.